The number of nitrogens with zero attached hydrogens (tertiary/aromatic N) is 1. The Morgan fingerprint density at radius 2 is 2.00 bits per heavy atom. The summed E-state index contributed by atoms with van der Waals surface area (Å²) in [6, 6.07) is 2.59. The van der Waals surface area contributed by atoms with Gasteiger partial charge >= 0.3 is 5.97 Å². The average molecular weight is 340 g/mol. The Balaban J connectivity index is 2.49. The molecule has 2 N–H and O–H groups in total. The Morgan fingerprint density at radius 3 is 2.60 bits per heavy atom. The molecule has 1 aliphatic heterocycles. The van der Waals surface area contributed by atoms with Crippen molar-refractivity contribution >= 4 is 39.2 Å². The summed E-state index contributed by atoms with van der Waals surface area (Å²) in [5.74, 6) is -1.32. The summed E-state index contributed by atoms with van der Waals surface area (Å²) in [7, 11) is -4.14. The SMILES string of the molecule is O=C(O)C1CC(O)CN1S(=O)(=O)c1cc(Cl)ccc1Cl. The first-order chi connectivity index (χ1) is 9.23. The molecule has 0 aromatic heterocycles. The van der Waals surface area contributed by atoms with Gasteiger partial charge in [0.1, 0.15) is 10.9 Å². The molecular formula is C11H11Cl2NO5S. The maximum Gasteiger partial charge on any atom is 0.322 e. The summed E-state index contributed by atoms with van der Waals surface area (Å²) in [6.07, 6.45) is -1.18. The minimum atomic E-state index is -4.14. The molecule has 0 bridgehead atoms. The van der Waals surface area contributed by atoms with E-state index in [-0.39, 0.29) is 27.9 Å². The first-order valence-corrected chi connectivity index (χ1v) is 7.81. The maximum absolute atomic E-state index is 12.5. The second-order valence-electron chi connectivity index (χ2n) is 4.39. The number of rotatable bonds is 3. The number of aliphatic hydroxyl groups excluding tert-OH is 1. The van der Waals surface area contributed by atoms with Gasteiger partial charge in [0, 0.05) is 18.0 Å². The number of carboxylic acids is 1. The van der Waals surface area contributed by atoms with Gasteiger partial charge in [0.25, 0.3) is 0 Å². The van der Waals surface area contributed by atoms with E-state index in [9.17, 15) is 18.3 Å². The van der Waals surface area contributed by atoms with Gasteiger partial charge in [0.2, 0.25) is 10.0 Å². The molecule has 0 aliphatic carbocycles. The van der Waals surface area contributed by atoms with E-state index in [2.05, 4.69) is 0 Å². The molecule has 0 spiro atoms. The smallest absolute Gasteiger partial charge is 0.322 e. The van der Waals surface area contributed by atoms with Crippen LogP contribution >= 0.6 is 23.2 Å². The van der Waals surface area contributed by atoms with Crippen LogP contribution in [0.4, 0.5) is 0 Å². The Hall–Kier alpha value is -0.860. The number of carboxylic acid groups (broad SMARTS) is 1. The number of benzene rings is 1. The van der Waals surface area contributed by atoms with Gasteiger partial charge in [-0.15, -0.1) is 0 Å². The summed E-state index contributed by atoms with van der Waals surface area (Å²) in [5, 5.41) is 18.7. The highest BCUT2D eigenvalue weighted by Gasteiger charge is 2.44. The van der Waals surface area contributed by atoms with E-state index in [1.807, 2.05) is 0 Å². The highest BCUT2D eigenvalue weighted by molar-refractivity contribution is 7.89. The largest absolute Gasteiger partial charge is 0.480 e. The standard InChI is InChI=1S/C11H11Cl2NO5S/c12-6-1-2-8(13)10(3-6)20(18,19)14-5-7(15)4-9(14)11(16)17/h1-3,7,9,15H,4-5H2,(H,16,17). The highest BCUT2D eigenvalue weighted by Crippen LogP contribution is 2.32. The molecule has 1 fully saturated rings. The maximum atomic E-state index is 12.5. The third kappa shape index (κ3) is 2.77. The fourth-order valence-electron chi connectivity index (χ4n) is 2.08. The molecule has 0 amide bonds. The van der Waals surface area contributed by atoms with Gasteiger partial charge in [-0.2, -0.15) is 4.31 Å². The third-order valence-electron chi connectivity index (χ3n) is 3.00. The van der Waals surface area contributed by atoms with E-state index in [1.165, 1.54) is 12.1 Å². The fourth-order valence-corrected chi connectivity index (χ4v) is 4.45. The highest BCUT2D eigenvalue weighted by atomic mass is 35.5. The first kappa shape index (κ1) is 15.5. The van der Waals surface area contributed by atoms with E-state index < -0.39 is 28.1 Å². The molecule has 2 unspecified atom stereocenters. The van der Waals surface area contributed by atoms with Crippen molar-refractivity contribution in [1.29, 1.82) is 0 Å². The van der Waals surface area contributed by atoms with Gasteiger partial charge in [-0.3, -0.25) is 4.79 Å². The predicted molar refractivity (Wildman–Crippen MR) is 72.4 cm³/mol. The van der Waals surface area contributed by atoms with Crippen LogP contribution in [0.2, 0.25) is 10.0 Å². The average Bonchev–Trinajstić information content (AvgIpc) is 2.75. The molecule has 6 nitrogen and oxygen atoms in total. The molecule has 110 valence electrons. The lowest BCUT2D eigenvalue weighted by Gasteiger charge is -2.21. The van der Waals surface area contributed by atoms with Crippen molar-refractivity contribution in [3.63, 3.8) is 0 Å². The Labute approximate surface area is 125 Å². The van der Waals surface area contributed by atoms with Gasteiger partial charge in [0.05, 0.1) is 11.1 Å². The molecule has 1 heterocycles. The normalized spacial score (nSPS) is 23.9. The van der Waals surface area contributed by atoms with Gasteiger partial charge in [0.15, 0.2) is 0 Å². The molecule has 0 saturated carbocycles. The Morgan fingerprint density at radius 1 is 1.35 bits per heavy atom. The number of aliphatic hydroxyl groups is 1. The number of sulfonamides is 1. The van der Waals surface area contributed by atoms with Crippen molar-refractivity contribution in [3.05, 3.63) is 28.2 Å². The Kier molecular flexibility index (Phi) is 4.27. The van der Waals surface area contributed by atoms with Gasteiger partial charge in [-0.05, 0) is 18.2 Å². The number of halogens is 2. The van der Waals surface area contributed by atoms with Crippen LogP contribution < -0.4 is 0 Å². The molecule has 1 aromatic rings. The van der Waals surface area contributed by atoms with Crippen molar-refractivity contribution in [2.45, 2.75) is 23.5 Å². The van der Waals surface area contributed by atoms with E-state index in [0.29, 0.717) is 0 Å². The summed E-state index contributed by atoms with van der Waals surface area (Å²) in [6.45, 7) is -0.290. The molecular weight excluding hydrogens is 329 g/mol. The summed E-state index contributed by atoms with van der Waals surface area (Å²) in [5.41, 5.74) is 0. The van der Waals surface area contributed by atoms with Crippen LogP contribution in [0.25, 0.3) is 0 Å². The van der Waals surface area contributed by atoms with Crippen LogP contribution in [0.1, 0.15) is 6.42 Å². The number of β-amino-alcohol motifs (C(OH)–C–C–N with tert-alkyl or cyclic N) is 1. The van der Waals surface area contributed by atoms with Gasteiger partial charge in [-0.1, -0.05) is 23.2 Å². The van der Waals surface area contributed by atoms with Crippen molar-refractivity contribution in [2.24, 2.45) is 0 Å². The second-order valence-corrected chi connectivity index (χ2v) is 7.10. The van der Waals surface area contributed by atoms with E-state index in [4.69, 9.17) is 28.3 Å². The Bertz CT molecular complexity index is 648. The number of hydrogen-bond acceptors (Lipinski definition) is 4. The van der Waals surface area contributed by atoms with Crippen LogP contribution in [0.5, 0.6) is 0 Å². The quantitative estimate of drug-likeness (QED) is 0.862. The van der Waals surface area contributed by atoms with Gasteiger partial charge in [-0.25, -0.2) is 8.42 Å². The first-order valence-electron chi connectivity index (χ1n) is 5.61. The summed E-state index contributed by atoms with van der Waals surface area (Å²) < 4.78 is 25.7. The van der Waals surface area contributed by atoms with Crippen LogP contribution in [0.15, 0.2) is 23.1 Å². The molecule has 2 atom stereocenters. The molecule has 1 aromatic carbocycles. The predicted octanol–water partition coefficient (Wildman–Crippen LogP) is 1.20. The number of hydrogen-bond donors (Lipinski definition) is 2. The molecule has 1 saturated heterocycles. The second kappa shape index (κ2) is 5.50. The zero-order valence-electron chi connectivity index (χ0n) is 10.0. The minimum absolute atomic E-state index is 0.0556. The number of aliphatic carboxylic acids is 1. The zero-order chi connectivity index (χ0) is 15.1. The van der Waals surface area contributed by atoms with E-state index >= 15 is 0 Å². The monoisotopic (exact) mass is 339 g/mol. The molecule has 20 heavy (non-hydrogen) atoms. The third-order valence-corrected chi connectivity index (χ3v) is 5.59. The van der Waals surface area contributed by atoms with E-state index in [1.54, 1.807) is 0 Å². The summed E-state index contributed by atoms with van der Waals surface area (Å²) in [4.78, 5) is 10.8. The van der Waals surface area contributed by atoms with Crippen LogP contribution in [0.3, 0.4) is 0 Å². The van der Waals surface area contributed by atoms with Crippen molar-refractivity contribution < 1.29 is 23.4 Å². The summed E-state index contributed by atoms with van der Waals surface area (Å²) >= 11 is 11.6. The van der Waals surface area contributed by atoms with E-state index in [0.717, 1.165) is 10.4 Å². The number of carbonyl (C=O) groups is 1. The van der Waals surface area contributed by atoms with Crippen LogP contribution in [-0.2, 0) is 14.8 Å². The zero-order valence-corrected chi connectivity index (χ0v) is 12.4. The molecule has 2 rings (SSSR count). The minimum Gasteiger partial charge on any atom is -0.480 e. The van der Waals surface area contributed by atoms with Crippen molar-refractivity contribution in [3.8, 4) is 0 Å². The van der Waals surface area contributed by atoms with Crippen LogP contribution in [-0.4, -0.2) is 47.6 Å². The van der Waals surface area contributed by atoms with Gasteiger partial charge < -0.3 is 10.2 Å². The van der Waals surface area contributed by atoms with Crippen LogP contribution in [0, 0.1) is 0 Å². The molecule has 0 radical (unpaired) electrons. The molecule has 1 aliphatic rings. The lowest BCUT2D eigenvalue weighted by molar-refractivity contribution is -0.140. The van der Waals surface area contributed by atoms with Crippen molar-refractivity contribution in [2.75, 3.05) is 6.54 Å². The topological polar surface area (TPSA) is 94.9 Å². The molecule has 9 heteroatoms. The lowest BCUT2D eigenvalue weighted by atomic mass is 10.2. The fraction of sp³-hybridized carbons (Fsp3) is 0.364. The van der Waals surface area contributed by atoms with Crippen molar-refractivity contribution in [1.82, 2.24) is 4.31 Å². The lowest BCUT2D eigenvalue weighted by Crippen LogP contribution is -2.40.